The predicted octanol–water partition coefficient (Wildman–Crippen LogP) is 3.89. The molecule has 11 heteroatoms. The van der Waals surface area contributed by atoms with Gasteiger partial charge < -0.3 is 5.32 Å². The van der Waals surface area contributed by atoms with E-state index >= 15 is 0 Å². The van der Waals surface area contributed by atoms with E-state index in [-0.39, 0.29) is 0 Å². The molecule has 0 spiro atoms. The van der Waals surface area contributed by atoms with Crippen molar-refractivity contribution in [3.05, 3.63) is 40.2 Å². The fourth-order valence-corrected chi connectivity index (χ4v) is 2.09. The van der Waals surface area contributed by atoms with Crippen LogP contribution in [0.15, 0.2) is 18.2 Å². The third-order valence-corrected chi connectivity index (χ3v) is 3.22. The molecule has 1 aromatic carbocycles. The van der Waals surface area contributed by atoms with Crippen molar-refractivity contribution in [3.8, 4) is 0 Å². The number of nitrogens with one attached hydrogen (secondary N) is 1. The summed E-state index contributed by atoms with van der Waals surface area (Å²) < 4.78 is 79.6. The minimum atomic E-state index is -4.95. The summed E-state index contributed by atoms with van der Waals surface area (Å²) in [7, 11) is 0. The Morgan fingerprint density at radius 3 is 2.55 bits per heavy atom. The van der Waals surface area contributed by atoms with Gasteiger partial charge in [-0.3, -0.25) is 4.79 Å². The number of rotatable bonds is 3. The number of carbonyl (C=O) groups is 1. The number of aromatic nitrogens is 2. The second-order valence-electron chi connectivity index (χ2n) is 3.91. The van der Waals surface area contributed by atoms with Crippen LogP contribution < -0.4 is 5.32 Å². The van der Waals surface area contributed by atoms with Crippen LogP contribution in [0.3, 0.4) is 0 Å². The fourth-order valence-electron chi connectivity index (χ4n) is 1.52. The molecule has 0 radical (unpaired) electrons. The van der Waals surface area contributed by atoms with Gasteiger partial charge in [0.25, 0.3) is 12.3 Å². The molecule has 0 saturated heterocycles. The first-order valence-electron chi connectivity index (χ1n) is 5.49. The summed E-state index contributed by atoms with van der Waals surface area (Å²) >= 11 is 0.323. The molecular weight excluding hydrogens is 336 g/mol. The molecule has 0 bridgehead atoms. The Morgan fingerprint density at radius 2 is 1.95 bits per heavy atom. The van der Waals surface area contributed by atoms with Crippen molar-refractivity contribution < 1.29 is 31.1 Å². The molecule has 4 nitrogen and oxygen atoms in total. The van der Waals surface area contributed by atoms with Crippen LogP contribution in [0.5, 0.6) is 0 Å². The van der Waals surface area contributed by atoms with E-state index in [2.05, 4.69) is 9.59 Å². The molecule has 1 N–H and O–H groups in total. The highest BCUT2D eigenvalue weighted by Gasteiger charge is 2.35. The zero-order chi connectivity index (χ0) is 16.5. The minimum Gasteiger partial charge on any atom is -0.319 e. The van der Waals surface area contributed by atoms with E-state index in [9.17, 15) is 31.1 Å². The lowest BCUT2D eigenvalue weighted by Crippen LogP contribution is -2.16. The molecule has 2 rings (SSSR count). The Balaban J connectivity index is 2.32. The highest BCUT2D eigenvalue weighted by molar-refractivity contribution is 7.08. The van der Waals surface area contributed by atoms with Crippen LogP contribution >= 0.6 is 11.5 Å². The molecule has 0 aliphatic carbocycles. The number of benzene rings is 1. The van der Waals surface area contributed by atoms with Crippen LogP contribution in [0.2, 0.25) is 0 Å². The quantitative estimate of drug-likeness (QED) is 0.862. The van der Waals surface area contributed by atoms with Crippen molar-refractivity contribution in [1.82, 2.24) is 9.59 Å². The van der Waals surface area contributed by atoms with Crippen LogP contribution in [0.4, 0.5) is 32.0 Å². The van der Waals surface area contributed by atoms with Crippen LogP contribution in [-0.2, 0) is 6.18 Å². The van der Waals surface area contributed by atoms with Crippen LogP contribution in [-0.4, -0.2) is 15.5 Å². The fraction of sp³-hybridized carbons (Fsp3) is 0.182. The Hall–Kier alpha value is -2.17. The number of carbonyl (C=O) groups excluding carboxylic acids is 1. The average molecular weight is 341 g/mol. The second-order valence-corrected chi connectivity index (χ2v) is 4.66. The molecule has 0 atom stereocenters. The van der Waals surface area contributed by atoms with Gasteiger partial charge in [-0.2, -0.15) is 13.2 Å². The van der Waals surface area contributed by atoms with Gasteiger partial charge in [0.15, 0.2) is 11.5 Å². The maximum atomic E-state index is 13.7. The maximum Gasteiger partial charge on any atom is 0.419 e. The van der Waals surface area contributed by atoms with E-state index in [1.165, 1.54) is 0 Å². The number of alkyl halides is 5. The number of anilines is 1. The second kappa shape index (κ2) is 5.91. The van der Waals surface area contributed by atoms with Crippen molar-refractivity contribution in [1.29, 1.82) is 0 Å². The molecule has 22 heavy (non-hydrogen) atoms. The van der Waals surface area contributed by atoms with Crippen molar-refractivity contribution in [2.45, 2.75) is 12.6 Å². The van der Waals surface area contributed by atoms with Crippen molar-refractivity contribution in [3.63, 3.8) is 0 Å². The standard InChI is InChI=1S/C11H5F6N3OS/c12-6-4(11(15,16)17)2-1-3-5(6)18-10(21)8-7(9(13)14)19-20-22-8/h1-3,9H,(H,18,21). The molecule has 1 heterocycles. The molecule has 2 aromatic rings. The summed E-state index contributed by atoms with van der Waals surface area (Å²) in [4.78, 5) is 11.1. The number of hydrogen-bond acceptors (Lipinski definition) is 4. The van der Waals surface area contributed by atoms with Crippen LogP contribution in [0.25, 0.3) is 0 Å². The third-order valence-electron chi connectivity index (χ3n) is 2.48. The molecule has 0 unspecified atom stereocenters. The first-order chi connectivity index (χ1) is 10.2. The largest absolute Gasteiger partial charge is 0.419 e. The smallest absolute Gasteiger partial charge is 0.319 e. The predicted molar refractivity (Wildman–Crippen MR) is 64.2 cm³/mol. The lowest BCUT2D eigenvalue weighted by molar-refractivity contribution is -0.139. The number of amides is 1. The molecule has 0 fully saturated rings. The van der Waals surface area contributed by atoms with Crippen molar-refractivity contribution >= 4 is 23.1 Å². The van der Waals surface area contributed by atoms with Gasteiger partial charge in [-0.1, -0.05) is 10.6 Å². The molecular formula is C11H5F6N3OS. The Kier molecular flexibility index (Phi) is 4.35. The summed E-state index contributed by atoms with van der Waals surface area (Å²) in [5, 5.41) is 4.85. The molecule has 1 aromatic heterocycles. The van der Waals surface area contributed by atoms with Crippen molar-refractivity contribution in [2.24, 2.45) is 0 Å². The topological polar surface area (TPSA) is 54.9 Å². The van der Waals surface area contributed by atoms with Gasteiger partial charge in [0, 0.05) is 0 Å². The highest BCUT2D eigenvalue weighted by Crippen LogP contribution is 2.34. The number of halogens is 6. The van der Waals surface area contributed by atoms with Gasteiger partial charge in [-0.05, 0) is 23.7 Å². The van der Waals surface area contributed by atoms with Gasteiger partial charge in [0.05, 0.1) is 11.3 Å². The third kappa shape index (κ3) is 3.18. The zero-order valence-corrected chi connectivity index (χ0v) is 11.1. The van der Waals surface area contributed by atoms with Crippen molar-refractivity contribution in [2.75, 3.05) is 5.32 Å². The molecule has 1 amide bonds. The monoisotopic (exact) mass is 341 g/mol. The van der Waals surface area contributed by atoms with Crippen LogP contribution in [0.1, 0.15) is 27.4 Å². The summed E-state index contributed by atoms with van der Waals surface area (Å²) in [6.45, 7) is 0. The van der Waals surface area contributed by atoms with E-state index in [0.29, 0.717) is 17.6 Å². The first-order valence-corrected chi connectivity index (χ1v) is 6.26. The summed E-state index contributed by atoms with van der Waals surface area (Å²) in [5.74, 6) is -2.93. The van der Waals surface area contributed by atoms with Gasteiger partial charge in [0.1, 0.15) is 4.88 Å². The van der Waals surface area contributed by atoms with E-state index < -0.39 is 46.1 Å². The molecule has 0 aliphatic rings. The van der Waals surface area contributed by atoms with Gasteiger partial charge in [-0.25, -0.2) is 13.2 Å². The SMILES string of the molecule is O=C(Nc1cccc(C(F)(F)F)c1F)c1snnc1C(F)F. The summed E-state index contributed by atoms with van der Waals surface area (Å²) in [6.07, 6.45) is -8.05. The number of nitrogens with zero attached hydrogens (tertiary/aromatic N) is 2. The molecule has 118 valence electrons. The molecule has 0 aliphatic heterocycles. The lowest BCUT2D eigenvalue weighted by atomic mass is 10.1. The first kappa shape index (κ1) is 16.2. The normalized spacial score (nSPS) is 11.8. The Bertz CT molecular complexity index is 699. The Labute approximate surface area is 122 Å². The molecule has 0 saturated carbocycles. The highest BCUT2D eigenvalue weighted by atomic mass is 32.1. The zero-order valence-electron chi connectivity index (χ0n) is 10.3. The lowest BCUT2D eigenvalue weighted by Gasteiger charge is -2.11. The summed E-state index contributed by atoms with van der Waals surface area (Å²) in [5.41, 5.74) is -3.29. The van der Waals surface area contributed by atoms with E-state index in [1.54, 1.807) is 5.32 Å². The van der Waals surface area contributed by atoms with E-state index in [1.807, 2.05) is 0 Å². The average Bonchev–Trinajstić information content (AvgIpc) is 2.89. The minimum absolute atomic E-state index is 0.323. The summed E-state index contributed by atoms with van der Waals surface area (Å²) in [6, 6.07) is 2.24. The number of hydrogen-bond donors (Lipinski definition) is 1. The van der Waals surface area contributed by atoms with Gasteiger partial charge in [-0.15, -0.1) is 5.10 Å². The maximum absolute atomic E-state index is 13.7. The van der Waals surface area contributed by atoms with Crippen LogP contribution in [0, 0.1) is 5.82 Å². The Morgan fingerprint density at radius 1 is 1.27 bits per heavy atom. The van der Waals surface area contributed by atoms with Gasteiger partial charge >= 0.3 is 6.18 Å². The van der Waals surface area contributed by atoms with Gasteiger partial charge in [0.2, 0.25) is 0 Å². The van der Waals surface area contributed by atoms with E-state index in [0.717, 1.165) is 12.1 Å². The van der Waals surface area contributed by atoms with E-state index in [4.69, 9.17) is 0 Å².